The van der Waals surface area contributed by atoms with Crippen molar-refractivity contribution in [3.63, 3.8) is 0 Å². The van der Waals surface area contributed by atoms with Gasteiger partial charge in [-0.05, 0) is 12.1 Å². The van der Waals surface area contributed by atoms with Crippen molar-refractivity contribution in [1.82, 2.24) is 0 Å². The molecule has 0 aliphatic carbocycles. The summed E-state index contributed by atoms with van der Waals surface area (Å²) in [6, 6.07) is 2.42. The number of benzene rings is 1. The minimum atomic E-state index is -0.618. The highest BCUT2D eigenvalue weighted by atomic mass is 16.6. The first kappa shape index (κ1) is 11.5. The molecule has 0 bridgehead atoms. The van der Waals surface area contributed by atoms with Gasteiger partial charge in [-0.1, -0.05) is 0 Å². The van der Waals surface area contributed by atoms with Crippen LogP contribution in [0.4, 0.5) is 0 Å². The van der Waals surface area contributed by atoms with E-state index in [9.17, 15) is 15.0 Å². The third-order valence-electron chi connectivity index (χ3n) is 2.30. The standard InChI is InChI=1S/C11H12O6/c1-15-11(14)6-2-8(12)10(13)9(3-6)17-5-7-4-16-7/h2-3,7,12-13H,4-5H2,1H3. The maximum atomic E-state index is 11.3. The monoisotopic (exact) mass is 240 g/mol. The van der Waals surface area contributed by atoms with Crippen LogP contribution in [0.25, 0.3) is 0 Å². The molecule has 1 aliphatic rings. The predicted molar refractivity (Wildman–Crippen MR) is 56.3 cm³/mol. The van der Waals surface area contributed by atoms with Crippen LogP contribution >= 0.6 is 0 Å². The van der Waals surface area contributed by atoms with E-state index in [1.807, 2.05) is 0 Å². The Bertz CT molecular complexity index is 438. The van der Waals surface area contributed by atoms with Crippen LogP contribution in [0.3, 0.4) is 0 Å². The van der Waals surface area contributed by atoms with Gasteiger partial charge in [-0.15, -0.1) is 0 Å². The second-order valence-corrected chi connectivity index (χ2v) is 3.60. The molecule has 1 aliphatic heterocycles. The molecule has 0 amide bonds. The second-order valence-electron chi connectivity index (χ2n) is 3.60. The zero-order valence-electron chi connectivity index (χ0n) is 9.17. The lowest BCUT2D eigenvalue weighted by molar-refractivity contribution is 0.0599. The van der Waals surface area contributed by atoms with Gasteiger partial charge >= 0.3 is 5.97 Å². The SMILES string of the molecule is COC(=O)c1cc(O)c(O)c(OCC2CO2)c1. The Morgan fingerprint density at radius 1 is 1.53 bits per heavy atom. The number of ether oxygens (including phenoxy) is 3. The van der Waals surface area contributed by atoms with E-state index in [0.717, 1.165) is 6.07 Å². The fourth-order valence-electron chi connectivity index (χ4n) is 1.29. The maximum absolute atomic E-state index is 11.3. The summed E-state index contributed by atoms with van der Waals surface area (Å²) in [6.07, 6.45) is 0.0123. The summed E-state index contributed by atoms with van der Waals surface area (Å²) < 4.78 is 14.7. The molecular formula is C11H12O6. The number of carbonyl (C=O) groups is 1. The first-order valence-electron chi connectivity index (χ1n) is 5.00. The minimum Gasteiger partial charge on any atom is -0.504 e. The van der Waals surface area contributed by atoms with E-state index < -0.39 is 17.5 Å². The summed E-state index contributed by atoms with van der Waals surface area (Å²) in [5, 5.41) is 19.0. The van der Waals surface area contributed by atoms with Gasteiger partial charge in [-0.3, -0.25) is 0 Å². The molecule has 0 saturated carbocycles. The largest absolute Gasteiger partial charge is 0.504 e. The van der Waals surface area contributed by atoms with Crippen LogP contribution in [0.5, 0.6) is 17.2 Å². The number of aromatic hydroxyl groups is 2. The van der Waals surface area contributed by atoms with Crippen LogP contribution in [-0.4, -0.2) is 42.6 Å². The fraction of sp³-hybridized carbons (Fsp3) is 0.364. The summed E-state index contributed by atoms with van der Waals surface area (Å²) in [7, 11) is 1.23. The van der Waals surface area contributed by atoms with Gasteiger partial charge in [0.25, 0.3) is 0 Å². The molecule has 1 aromatic carbocycles. The van der Waals surface area contributed by atoms with Crippen molar-refractivity contribution >= 4 is 5.97 Å². The Hall–Kier alpha value is -1.95. The lowest BCUT2D eigenvalue weighted by Gasteiger charge is -2.09. The van der Waals surface area contributed by atoms with Gasteiger partial charge in [-0.25, -0.2) is 4.79 Å². The molecule has 1 saturated heterocycles. The summed E-state index contributed by atoms with van der Waals surface area (Å²) in [4.78, 5) is 11.3. The van der Waals surface area contributed by atoms with E-state index in [2.05, 4.69) is 4.74 Å². The summed E-state index contributed by atoms with van der Waals surface area (Å²) in [5.74, 6) is -1.42. The number of carbonyl (C=O) groups excluding carboxylic acids is 1. The first-order valence-corrected chi connectivity index (χ1v) is 5.00. The first-order chi connectivity index (χ1) is 8.11. The molecule has 1 heterocycles. The normalized spacial score (nSPS) is 17.6. The zero-order valence-corrected chi connectivity index (χ0v) is 9.17. The molecule has 0 radical (unpaired) electrons. The smallest absolute Gasteiger partial charge is 0.338 e. The highest BCUT2D eigenvalue weighted by molar-refractivity contribution is 5.91. The van der Waals surface area contributed by atoms with E-state index in [4.69, 9.17) is 9.47 Å². The molecule has 17 heavy (non-hydrogen) atoms. The number of hydrogen-bond donors (Lipinski definition) is 2. The van der Waals surface area contributed by atoms with Crippen molar-refractivity contribution in [3.8, 4) is 17.2 Å². The molecule has 0 spiro atoms. The topological polar surface area (TPSA) is 88.5 Å². The molecule has 6 nitrogen and oxygen atoms in total. The highest BCUT2D eigenvalue weighted by Gasteiger charge is 2.24. The molecule has 1 unspecified atom stereocenters. The molecule has 92 valence electrons. The van der Waals surface area contributed by atoms with Crippen LogP contribution in [0.1, 0.15) is 10.4 Å². The number of phenols is 2. The number of methoxy groups -OCH3 is 1. The van der Waals surface area contributed by atoms with E-state index in [-0.39, 0.29) is 24.0 Å². The third-order valence-corrected chi connectivity index (χ3v) is 2.30. The predicted octanol–water partition coefficient (Wildman–Crippen LogP) is 0.662. The Kier molecular flexibility index (Phi) is 3.06. The van der Waals surface area contributed by atoms with Crippen molar-refractivity contribution in [2.24, 2.45) is 0 Å². The van der Waals surface area contributed by atoms with E-state index in [0.29, 0.717) is 6.61 Å². The second kappa shape index (κ2) is 4.50. The minimum absolute atomic E-state index is 0.0123. The quantitative estimate of drug-likeness (QED) is 0.456. The lowest BCUT2D eigenvalue weighted by atomic mass is 10.2. The van der Waals surface area contributed by atoms with E-state index in [1.165, 1.54) is 13.2 Å². The van der Waals surface area contributed by atoms with Crippen LogP contribution in [0.2, 0.25) is 0 Å². The Morgan fingerprint density at radius 3 is 2.82 bits per heavy atom. The molecule has 6 heteroatoms. The van der Waals surface area contributed by atoms with Gasteiger partial charge < -0.3 is 24.4 Å². The highest BCUT2D eigenvalue weighted by Crippen LogP contribution is 2.37. The van der Waals surface area contributed by atoms with Crippen molar-refractivity contribution in [1.29, 1.82) is 0 Å². The van der Waals surface area contributed by atoms with Crippen molar-refractivity contribution in [2.45, 2.75) is 6.10 Å². The van der Waals surface area contributed by atoms with Crippen molar-refractivity contribution in [2.75, 3.05) is 20.3 Å². The number of epoxide rings is 1. The summed E-state index contributed by atoms with van der Waals surface area (Å²) in [6.45, 7) is 0.876. The molecule has 2 rings (SSSR count). The molecule has 1 atom stereocenters. The van der Waals surface area contributed by atoms with Crippen molar-refractivity contribution in [3.05, 3.63) is 17.7 Å². The average molecular weight is 240 g/mol. The van der Waals surface area contributed by atoms with Gasteiger partial charge in [0.15, 0.2) is 11.5 Å². The van der Waals surface area contributed by atoms with Crippen LogP contribution in [0, 0.1) is 0 Å². The summed E-state index contributed by atoms with van der Waals surface area (Å²) >= 11 is 0. The number of esters is 1. The van der Waals surface area contributed by atoms with Crippen LogP contribution in [-0.2, 0) is 9.47 Å². The Balaban J connectivity index is 2.21. The molecule has 1 aromatic rings. The fourth-order valence-corrected chi connectivity index (χ4v) is 1.29. The summed E-state index contributed by atoms with van der Waals surface area (Å²) in [5.41, 5.74) is 0.106. The number of phenolic OH excluding ortho intramolecular Hbond substituents is 2. The van der Waals surface area contributed by atoms with Crippen molar-refractivity contribution < 1.29 is 29.2 Å². The Labute approximate surface area is 97.3 Å². The van der Waals surface area contributed by atoms with Gasteiger partial charge in [-0.2, -0.15) is 0 Å². The Morgan fingerprint density at radius 2 is 2.24 bits per heavy atom. The molecule has 1 fully saturated rings. The van der Waals surface area contributed by atoms with Gasteiger partial charge in [0, 0.05) is 0 Å². The third kappa shape index (κ3) is 2.59. The number of hydrogen-bond acceptors (Lipinski definition) is 6. The van der Waals surface area contributed by atoms with Gasteiger partial charge in [0.1, 0.15) is 12.7 Å². The van der Waals surface area contributed by atoms with Crippen LogP contribution < -0.4 is 4.74 Å². The van der Waals surface area contributed by atoms with E-state index >= 15 is 0 Å². The molecular weight excluding hydrogens is 228 g/mol. The van der Waals surface area contributed by atoms with Gasteiger partial charge in [0.2, 0.25) is 5.75 Å². The lowest BCUT2D eigenvalue weighted by Crippen LogP contribution is -2.06. The zero-order chi connectivity index (χ0) is 12.4. The van der Waals surface area contributed by atoms with Gasteiger partial charge in [0.05, 0.1) is 19.3 Å². The van der Waals surface area contributed by atoms with Crippen LogP contribution in [0.15, 0.2) is 12.1 Å². The maximum Gasteiger partial charge on any atom is 0.338 e. The molecule has 0 aromatic heterocycles. The average Bonchev–Trinajstić information content (AvgIpc) is 3.13. The molecule has 2 N–H and O–H groups in total. The number of rotatable bonds is 4. The van der Waals surface area contributed by atoms with E-state index in [1.54, 1.807) is 0 Å².